The molecule has 110 valence electrons. The molecule has 1 aromatic carbocycles. The third kappa shape index (κ3) is 3.49. The van der Waals surface area contributed by atoms with E-state index in [9.17, 15) is 4.79 Å². The van der Waals surface area contributed by atoms with Crippen LogP contribution in [0.25, 0.3) is 0 Å². The lowest BCUT2D eigenvalue weighted by Crippen LogP contribution is -2.42. The first-order valence-electron chi connectivity index (χ1n) is 7.04. The SMILES string of the molecule is CC(C(=O)Nc1cccc(N)c1)N1CCC(N(C)C)C1. The van der Waals surface area contributed by atoms with Gasteiger partial charge >= 0.3 is 0 Å². The predicted octanol–water partition coefficient (Wildman–Crippen LogP) is 1.23. The summed E-state index contributed by atoms with van der Waals surface area (Å²) in [5.74, 6) is 0.0232. The zero-order valence-electron chi connectivity index (χ0n) is 12.5. The molecule has 0 aromatic heterocycles. The number of rotatable bonds is 4. The molecular weight excluding hydrogens is 252 g/mol. The fraction of sp³-hybridized carbons (Fsp3) is 0.533. The minimum atomic E-state index is -0.124. The van der Waals surface area contributed by atoms with E-state index in [0.717, 1.165) is 25.2 Å². The minimum Gasteiger partial charge on any atom is -0.399 e. The molecule has 1 heterocycles. The molecule has 0 bridgehead atoms. The van der Waals surface area contributed by atoms with Crippen molar-refractivity contribution in [2.24, 2.45) is 0 Å². The Morgan fingerprint density at radius 1 is 1.50 bits per heavy atom. The molecule has 1 aliphatic heterocycles. The van der Waals surface area contributed by atoms with Gasteiger partial charge in [-0.25, -0.2) is 0 Å². The van der Waals surface area contributed by atoms with E-state index < -0.39 is 0 Å². The lowest BCUT2D eigenvalue weighted by molar-refractivity contribution is -0.120. The number of benzene rings is 1. The van der Waals surface area contributed by atoms with E-state index >= 15 is 0 Å². The lowest BCUT2D eigenvalue weighted by Gasteiger charge is -2.25. The Labute approximate surface area is 120 Å². The molecule has 1 aliphatic rings. The van der Waals surface area contributed by atoms with Crippen LogP contribution >= 0.6 is 0 Å². The fourth-order valence-electron chi connectivity index (χ4n) is 2.57. The molecule has 0 spiro atoms. The highest BCUT2D eigenvalue weighted by Crippen LogP contribution is 2.18. The molecule has 0 radical (unpaired) electrons. The highest BCUT2D eigenvalue weighted by molar-refractivity contribution is 5.94. The molecule has 1 fully saturated rings. The van der Waals surface area contributed by atoms with Crippen LogP contribution in [0.2, 0.25) is 0 Å². The average Bonchev–Trinajstić information content (AvgIpc) is 2.87. The van der Waals surface area contributed by atoms with Crippen LogP contribution in [0, 0.1) is 0 Å². The number of amides is 1. The number of likely N-dealkylation sites (tertiary alicyclic amines) is 1. The first-order valence-corrected chi connectivity index (χ1v) is 7.04. The fourth-order valence-corrected chi connectivity index (χ4v) is 2.57. The summed E-state index contributed by atoms with van der Waals surface area (Å²) in [5, 5.41) is 2.93. The van der Waals surface area contributed by atoms with Crippen molar-refractivity contribution >= 4 is 17.3 Å². The van der Waals surface area contributed by atoms with E-state index in [4.69, 9.17) is 5.73 Å². The highest BCUT2D eigenvalue weighted by Gasteiger charge is 2.30. The van der Waals surface area contributed by atoms with E-state index in [-0.39, 0.29) is 11.9 Å². The molecule has 3 N–H and O–H groups in total. The highest BCUT2D eigenvalue weighted by atomic mass is 16.2. The van der Waals surface area contributed by atoms with Crippen molar-refractivity contribution in [3.8, 4) is 0 Å². The van der Waals surface area contributed by atoms with Crippen molar-refractivity contribution in [2.75, 3.05) is 38.2 Å². The van der Waals surface area contributed by atoms with Crippen LogP contribution in [0.4, 0.5) is 11.4 Å². The monoisotopic (exact) mass is 276 g/mol. The van der Waals surface area contributed by atoms with Crippen LogP contribution in [0.1, 0.15) is 13.3 Å². The van der Waals surface area contributed by atoms with Crippen LogP contribution in [-0.4, -0.2) is 55.0 Å². The van der Waals surface area contributed by atoms with Crippen molar-refractivity contribution in [3.63, 3.8) is 0 Å². The number of carbonyl (C=O) groups is 1. The third-order valence-electron chi connectivity index (χ3n) is 4.01. The summed E-state index contributed by atoms with van der Waals surface area (Å²) < 4.78 is 0. The topological polar surface area (TPSA) is 61.6 Å². The van der Waals surface area contributed by atoms with E-state index in [1.165, 1.54) is 0 Å². The molecule has 5 nitrogen and oxygen atoms in total. The van der Waals surface area contributed by atoms with E-state index in [0.29, 0.717) is 11.7 Å². The molecule has 1 amide bonds. The van der Waals surface area contributed by atoms with Crippen LogP contribution in [0.3, 0.4) is 0 Å². The summed E-state index contributed by atoms with van der Waals surface area (Å²) in [7, 11) is 4.18. The van der Waals surface area contributed by atoms with Crippen molar-refractivity contribution in [1.29, 1.82) is 0 Å². The van der Waals surface area contributed by atoms with Crippen molar-refractivity contribution in [1.82, 2.24) is 9.80 Å². The lowest BCUT2D eigenvalue weighted by atomic mass is 10.2. The zero-order chi connectivity index (χ0) is 14.7. The van der Waals surface area contributed by atoms with Crippen molar-refractivity contribution < 1.29 is 4.79 Å². The van der Waals surface area contributed by atoms with Gasteiger partial charge in [-0.2, -0.15) is 0 Å². The normalized spacial score (nSPS) is 21.1. The maximum Gasteiger partial charge on any atom is 0.241 e. The second-order valence-corrected chi connectivity index (χ2v) is 5.69. The van der Waals surface area contributed by atoms with Crippen molar-refractivity contribution in [3.05, 3.63) is 24.3 Å². The van der Waals surface area contributed by atoms with Crippen LogP contribution in [-0.2, 0) is 4.79 Å². The van der Waals surface area contributed by atoms with Gasteiger partial charge in [0.2, 0.25) is 5.91 Å². The third-order valence-corrected chi connectivity index (χ3v) is 4.01. The van der Waals surface area contributed by atoms with Gasteiger partial charge in [0.05, 0.1) is 6.04 Å². The second kappa shape index (κ2) is 6.24. The second-order valence-electron chi connectivity index (χ2n) is 5.69. The molecule has 2 atom stereocenters. The number of nitrogens with zero attached hydrogens (tertiary/aromatic N) is 2. The number of likely N-dealkylation sites (N-methyl/N-ethyl adjacent to an activating group) is 1. The van der Waals surface area contributed by atoms with E-state index in [1.807, 2.05) is 19.1 Å². The summed E-state index contributed by atoms with van der Waals surface area (Å²) >= 11 is 0. The Morgan fingerprint density at radius 2 is 2.25 bits per heavy atom. The van der Waals surface area contributed by atoms with E-state index in [1.54, 1.807) is 12.1 Å². The molecule has 0 aliphatic carbocycles. The molecule has 5 heteroatoms. The van der Waals surface area contributed by atoms with Gasteiger partial charge in [-0.1, -0.05) is 6.07 Å². The summed E-state index contributed by atoms with van der Waals surface area (Å²) in [4.78, 5) is 16.7. The number of anilines is 2. The number of hydrogen-bond acceptors (Lipinski definition) is 4. The largest absolute Gasteiger partial charge is 0.399 e. The number of nitrogens with one attached hydrogen (secondary N) is 1. The number of nitrogen functional groups attached to an aromatic ring is 1. The van der Waals surface area contributed by atoms with Gasteiger partial charge in [0.15, 0.2) is 0 Å². The Hall–Kier alpha value is -1.59. The molecule has 2 rings (SSSR count). The average molecular weight is 276 g/mol. The number of hydrogen-bond donors (Lipinski definition) is 2. The van der Waals surface area contributed by atoms with Crippen LogP contribution < -0.4 is 11.1 Å². The zero-order valence-corrected chi connectivity index (χ0v) is 12.5. The molecule has 20 heavy (non-hydrogen) atoms. The number of nitrogens with two attached hydrogens (primary N) is 1. The first kappa shape index (κ1) is 14.8. The van der Waals surface area contributed by atoms with Gasteiger partial charge in [0.25, 0.3) is 0 Å². The summed E-state index contributed by atoms with van der Waals surface area (Å²) in [5.41, 5.74) is 7.13. The molecule has 1 aromatic rings. The van der Waals surface area contributed by atoms with Gasteiger partial charge in [0.1, 0.15) is 0 Å². The Bertz CT molecular complexity index is 475. The van der Waals surface area contributed by atoms with E-state index in [2.05, 4.69) is 29.2 Å². The number of carbonyl (C=O) groups excluding carboxylic acids is 1. The molecule has 1 saturated heterocycles. The maximum atomic E-state index is 12.3. The minimum absolute atomic E-state index is 0.0232. The quantitative estimate of drug-likeness (QED) is 0.812. The predicted molar refractivity (Wildman–Crippen MR) is 82.6 cm³/mol. The Morgan fingerprint density at radius 3 is 2.85 bits per heavy atom. The smallest absolute Gasteiger partial charge is 0.241 e. The molecular formula is C15H24N4O. The maximum absolute atomic E-state index is 12.3. The van der Waals surface area contributed by atoms with Gasteiger partial charge in [-0.15, -0.1) is 0 Å². The van der Waals surface area contributed by atoms with Gasteiger partial charge in [0, 0.05) is 30.5 Å². The standard InChI is InChI=1S/C15H24N4O/c1-11(19-8-7-14(10-19)18(2)3)15(20)17-13-6-4-5-12(16)9-13/h4-6,9,11,14H,7-8,10,16H2,1-3H3,(H,17,20). The summed E-state index contributed by atoms with van der Waals surface area (Å²) in [6.45, 7) is 3.87. The van der Waals surface area contributed by atoms with Gasteiger partial charge < -0.3 is 16.0 Å². The van der Waals surface area contributed by atoms with Gasteiger partial charge in [-0.3, -0.25) is 9.69 Å². The van der Waals surface area contributed by atoms with Crippen LogP contribution in [0.15, 0.2) is 24.3 Å². The van der Waals surface area contributed by atoms with Crippen LogP contribution in [0.5, 0.6) is 0 Å². The summed E-state index contributed by atoms with van der Waals surface area (Å²) in [6.07, 6.45) is 1.11. The Balaban J connectivity index is 1.93. The Kier molecular flexibility index (Phi) is 4.62. The summed E-state index contributed by atoms with van der Waals surface area (Å²) in [6, 6.07) is 7.69. The van der Waals surface area contributed by atoms with Gasteiger partial charge in [-0.05, 0) is 45.6 Å². The van der Waals surface area contributed by atoms with Crippen molar-refractivity contribution in [2.45, 2.75) is 25.4 Å². The molecule has 2 unspecified atom stereocenters. The molecule has 0 saturated carbocycles. The first-order chi connectivity index (χ1) is 9.47.